The van der Waals surface area contributed by atoms with Crippen molar-refractivity contribution < 1.29 is 14.3 Å². The van der Waals surface area contributed by atoms with Gasteiger partial charge in [-0.2, -0.15) is 0 Å². The van der Waals surface area contributed by atoms with Crippen molar-refractivity contribution in [1.82, 2.24) is 20.1 Å². The Morgan fingerprint density at radius 2 is 1.65 bits per heavy atom. The monoisotopic (exact) mass is 474 g/mol. The number of carbonyl (C=O) groups excluding carboxylic acids is 1. The number of methoxy groups -OCH3 is 1. The summed E-state index contributed by atoms with van der Waals surface area (Å²) in [6, 6.07) is 25.6. The van der Waals surface area contributed by atoms with E-state index in [0.29, 0.717) is 16.7 Å². The fourth-order valence-corrected chi connectivity index (χ4v) is 4.47. The molecule has 4 rings (SSSR count). The summed E-state index contributed by atoms with van der Waals surface area (Å²) in [5.41, 5.74) is 2.84. The minimum Gasteiger partial charge on any atom is -0.495 e. The third-order valence-electron chi connectivity index (χ3n) is 5.25. The molecule has 0 aliphatic heterocycles. The summed E-state index contributed by atoms with van der Waals surface area (Å²) in [5, 5.41) is 11.7. The van der Waals surface area contributed by atoms with Gasteiger partial charge in [0.2, 0.25) is 5.91 Å². The molecule has 7 nitrogen and oxygen atoms in total. The van der Waals surface area contributed by atoms with Crippen molar-refractivity contribution >= 4 is 17.7 Å². The second-order valence-corrected chi connectivity index (χ2v) is 8.74. The fraction of sp³-hybridized carbons (Fsp3) is 0.192. The molecule has 0 aliphatic carbocycles. The molecule has 1 aromatic heterocycles. The molecule has 0 saturated carbocycles. The summed E-state index contributed by atoms with van der Waals surface area (Å²) < 4.78 is 13.7. The lowest BCUT2D eigenvalue weighted by molar-refractivity contribution is -0.119. The molecular formula is C26H26N4O3S. The highest BCUT2D eigenvalue weighted by molar-refractivity contribution is 8.00. The van der Waals surface area contributed by atoms with Crippen LogP contribution < -0.4 is 14.8 Å². The lowest BCUT2D eigenvalue weighted by Gasteiger charge is -2.16. The zero-order chi connectivity index (χ0) is 23.9. The van der Waals surface area contributed by atoms with E-state index >= 15 is 0 Å². The van der Waals surface area contributed by atoms with Crippen LogP contribution in [0.2, 0.25) is 0 Å². The minimum absolute atomic E-state index is 0.0887. The number of aromatic nitrogens is 3. The van der Waals surface area contributed by atoms with Crippen LogP contribution in [0.1, 0.15) is 12.7 Å². The number of hydrogen-bond donors (Lipinski definition) is 1. The number of carbonyl (C=O) groups is 1. The van der Waals surface area contributed by atoms with Crippen molar-refractivity contribution in [2.75, 3.05) is 14.2 Å². The van der Waals surface area contributed by atoms with Crippen LogP contribution in [0.15, 0.2) is 84.0 Å². The van der Waals surface area contributed by atoms with E-state index in [1.54, 1.807) is 14.2 Å². The number of thioether (sulfide) groups is 1. The van der Waals surface area contributed by atoms with E-state index in [1.165, 1.54) is 11.8 Å². The van der Waals surface area contributed by atoms with Crippen molar-refractivity contribution in [2.45, 2.75) is 23.9 Å². The fourth-order valence-electron chi connectivity index (χ4n) is 3.53. The maximum Gasteiger partial charge on any atom is 0.233 e. The number of nitrogens with one attached hydrogen (secondary N) is 1. The van der Waals surface area contributed by atoms with Gasteiger partial charge < -0.3 is 14.8 Å². The van der Waals surface area contributed by atoms with E-state index in [4.69, 9.17) is 9.47 Å². The summed E-state index contributed by atoms with van der Waals surface area (Å²) in [5.74, 6) is 1.92. The SMILES string of the molecule is CNC(=O)C(C)Sc1nnc(COc2ccccc2-c2ccccc2)n1-c1ccccc1OC. The van der Waals surface area contributed by atoms with Gasteiger partial charge in [0, 0.05) is 12.6 Å². The highest BCUT2D eigenvalue weighted by atomic mass is 32.2. The molecule has 3 aromatic carbocycles. The molecule has 34 heavy (non-hydrogen) atoms. The quantitative estimate of drug-likeness (QED) is 0.353. The number of nitrogens with zero attached hydrogens (tertiary/aromatic N) is 3. The predicted molar refractivity (Wildman–Crippen MR) is 134 cm³/mol. The molecule has 0 saturated heterocycles. The molecule has 1 amide bonds. The van der Waals surface area contributed by atoms with Crippen LogP contribution in [0.3, 0.4) is 0 Å². The van der Waals surface area contributed by atoms with Gasteiger partial charge in [-0.05, 0) is 30.7 Å². The van der Waals surface area contributed by atoms with Gasteiger partial charge in [0.1, 0.15) is 18.1 Å². The van der Waals surface area contributed by atoms with Crippen molar-refractivity contribution in [2.24, 2.45) is 0 Å². The van der Waals surface area contributed by atoms with Gasteiger partial charge >= 0.3 is 0 Å². The van der Waals surface area contributed by atoms with Gasteiger partial charge in [-0.3, -0.25) is 9.36 Å². The second kappa shape index (κ2) is 10.9. The van der Waals surface area contributed by atoms with Crippen LogP contribution in [0.4, 0.5) is 0 Å². The summed E-state index contributed by atoms with van der Waals surface area (Å²) in [6.07, 6.45) is 0. The number of ether oxygens (including phenoxy) is 2. The molecule has 0 aliphatic rings. The van der Waals surface area contributed by atoms with E-state index < -0.39 is 0 Å². The smallest absolute Gasteiger partial charge is 0.233 e. The van der Waals surface area contributed by atoms with Crippen LogP contribution >= 0.6 is 11.8 Å². The molecular weight excluding hydrogens is 448 g/mol. The van der Waals surface area contributed by atoms with Gasteiger partial charge in [0.25, 0.3) is 0 Å². The number of amides is 1. The zero-order valence-electron chi connectivity index (χ0n) is 19.3. The standard InChI is InChI=1S/C26H26N4O3S/c1-18(25(31)27-2)34-26-29-28-24(30(26)21-14-8-10-16-23(21)32-3)17-33-22-15-9-7-13-20(22)19-11-5-4-6-12-19/h4-16,18H,17H2,1-3H3,(H,27,31). The average molecular weight is 475 g/mol. The van der Waals surface area contributed by atoms with Crippen molar-refractivity contribution in [3.05, 3.63) is 84.7 Å². The average Bonchev–Trinajstić information content (AvgIpc) is 3.29. The first-order valence-electron chi connectivity index (χ1n) is 10.9. The Kier molecular flexibility index (Phi) is 7.49. The molecule has 8 heteroatoms. The van der Waals surface area contributed by atoms with Gasteiger partial charge in [-0.25, -0.2) is 0 Å². The second-order valence-electron chi connectivity index (χ2n) is 7.43. The summed E-state index contributed by atoms with van der Waals surface area (Å²) in [4.78, 5) is 12.1. The first-order chi connectivity index (χ1) is 16.6. The Morgan fingerprint density at radius 3 is 2.38 bits per heavy atom. The number of benzene rings is 3. The lowest BCUT2D eigenvalue weighted by atomic mass is 10.1. The first kappa shape index (κ1) is 23.4. The highest BCUT2D eigenvalue weighted by Gasteiger charge is 2.22. The molecule has 4 aromatic rings. The molecule has 1 N–H and O–H groups in total. The van der Waals surface area contributed by atoms with Gasteiger partial charge in [0.15, 0.2) is 11.0 Å². The molecule has 1 heterocycles. The van der Waals surface area contributed by atoms with Gasteiger partial charge in [-0.15, -0.1) is 10.2 Å². The van der Waals surface area contributed by atoms with E-state index in [2.05, 4.69) is 27.6 Å². The van der Waals surface area contributed by atoms with Gasteiger partial charge in [0.05, 0.1) is 18.0 Å². The Balaban J connectivity index is 1.69. The van der Waals surface area contributed by atoms with Crippen molar-refractivity contribution in [3.63, 3.8) is 0 Å². The first-order valence-corrected chi connectivity index (χ1v) is 11.7. The van der Waals surface area contributed by atoms with Crippen LogP contribution in [-0.4, -0.2) is 40.1 Å². The Hall–Kier alpha value is -3.78. The van der Waals surface area contributed by atoms with E-state index in [0.717, 1.165) is 22.6 Å². The van der Waals surface area contributed by atoms with Crippen LogP contribution in [0, 0.1) is 0 Å². The molecule has 174 valence electrons. The highest BCUT2D eigenvalue weighted by Crippen LogP contribution is 2.33. The van der Waals surface area contributed by atoms with E-state index in [9.17, 15) is 4.79 Å². The van der Waals surface area contributed by atoms with Crippen LogP contribution in [-0.2, 0) is 11.4 Å². The van der Waals surface area contributed by atoms with E-state index in [1.807, 2.05) is 78.2 Å². The lowest BCUT2D eigenvalue weighted by Crippen LogP contribution is -2.27. The van der Waals surface area contributed by atoms with Crippen LogP contribution in [0.5, 0.6) is 11.5 Å². The summed E-state index contributed by atoms with van der Waals surface area (Å²) >= 11 is 1.33. The minimum atomic E-state index is -0.352. The molecule has 0 fully saturated rings. The molecule has 0 bridgehead atoms. The third kappa shape index (κ3) is 5.07. The summed E-state index contributed by atoms with van der Waals surface area (Å²) in [7, 11) is 3.24. The molecule has 0 spiro atoms. The van der Waals surface area contributed by atoms with Gasteiger partial charge in [-0.1, -0.05) is 72.4 Å². The number of para-hydroxylation sites is 3. The topological polar surface area (TPSA) is 78.3 Å². The van der Waals surface area contributed by atoms with Crippen molar-refractivity contribution in [1.29, 1.82) is 0 Å². The van der Waals surface area contributed by atoms with Crippen molar-refractivity contribution in [3.8, 4) is 28.3 Å². The van der Waals surface area contributed by atoms with Crippen LogP contribution in [0.25, 0.3) is 16.8 Å². The maximum absolute atomic E-state index is 12.1. The normalized spacial score (nSPS) is 11.6. The third-order valence-corrected chi connectivity index (χ3v) is 6.30. The summed E-state index contributed by atoms with van der Waals surface area (Å²) in [6.45, 7) is 2.01. The largest absolute Gasteiger partial charge is 0.495 e. The zero-order valence-corrected chi connectivity index (χ0v) is 20.1. The molecule has 1 atom stereocenters. The maximum atomic E-state index is 12.1. The Labute approximate surface area is 203 Å². The Morgan fingerprint density at radius 1 is 0.971 bits per heavy atom. The predicted octanol–water partition coefficient (Wildman–Crippen LogP) is 4.75. The van der Waals surface area contributed by atoms with E-state index in [-0.39, 0.29) is 17.8 Å². The Bertz CT molecular complexity index is 1260. The number of rotatable bonds is 9. The number of hydrogen-bond acceptors (Lipinski definition) is 6. The molecule has 0 radical (unpaired) electrons. The molecule has 1 unspecified atom stereocenters.